The van der Waals surface area contributed by atoms with Gasteiger partial charge in [-0.3, -0.25) is 4.79 Å². The quantitative estimate of drug-likeness (QED) is 0.802. The van der Waals surface area contributed by atoms with Gasteiger partial charge in [0.15, 0.2) is 5.75 Å². The number of halogens is 4. The smallest absolute Gasteiger partial charge is 0.404 e. The first-order valence-electron chi connectivity index (χ1n) is 6.34. The molecule has 0 heterocycles. The average Bonchev–Trinajstić information content (AvgIpc) is 2.37. The summed E-state index contributed by atoms with van der Waals surface area (Å²) in [5, 5.41) is 2.36. The second-order valence-electron chi connectivity index (χ2n) is 4.43. The second kappa shape index (κ2) is 7.65. The van der Waals surface area contributed by atoms with Crippen LogP contribution in [0.2, 0.25) is 0 Å². The topological polar surface area (TPSA) is 64.4 Å². The normalized spacial score (nSPS) is 12.9. The van der Waals surface area contributed by atoms with Crippen molar-refractivity contribution in [1.82, 2.24) is 0 Å². The van der Waals surface area contributed by atoms with Crippen molar-refractivity contribution in [3.63, 3.8) is 0 Å². The van der Waals surface area contributed by atoms with Gasteiger partial charge in [-0.05, 0) is 24.6 Å². The molecule has 0 aromatic heterocycles. The van der Waals surface area contributed by atoms with Crippen LogP contribution in [0.15, 0.2) is 22.7 Å². The Kier molecular flexibility index (Phi) is 6.47. The third-order valence-corrected chi connectivity index (χ3v) is 3.13. The molecule has 0 fully saturated rings. The molecule has 21 heavy (non-hydrogen) atoms. The Balaban J connectivity index is 2.85. The molecule has 0 saturated carbocycles. The van der Waals surface area contributed by atoms with Gasteiger partial charge in [-0.2, -0.15) is 0 Å². The van der Waals surface area contributed by atoms with Gasteiger partial charge in [0.25, 0.3) is 0 Å². The number of ether oxygens (including phenoxy) is 1. The van der Waals surface area contributed by atoms with Gasteiger partial charge in [0.2, 0.25) is 5.91 Å². The van der Waals surface area contributed by atoms with Gasteiger partial charge in [-0.15, -0.1) is 13.2 Å². The van der Waals surface area contributed by atoms with Gasteiger partial charge in [-0.25, -0.2) is 0 Å². The van der Waals surface area contributed by atoms with Crippen molar-refractivity contribution >= 4 is 27.5 Å². The first-order chi connectivity index (χ1) is 9.73. The van der Waals surface area contributed by atoms with E-state index in [1.807, 2.05) is 6.92 Å². The van der Waals surface area contributed by atoms with Crippen LogP contribution in [0, 0.1) is 0 Å². The molecular formula is C13H16BrF3N2O2. The lowest BCUT2D eigenvalue weighted by molar-refractivity contribution is -0.274. The van der Waals surface area contributed by atoms with Crippen molar-refractivity contribution in [3.05, 3.63) is 22.7 Å². The number of benzene rings is 1. The summed E-state index contributed by atoms with van der Waals surface area (Å²) in [5.74, 6) is -1.04. The van der Waals surface area contributed by atoms with Crippen molar-refractivity contribution in [2.45, 2.75) is 38.6 Å². The van der Waals surface area contributed by atoms with E-state index < -0.39 is 24.1 Å². The number of alkyl halides is 3. The highest BCUT2D eigenvalue weighted by molar-refractivity contribution is 9.10. The molecule has 0 spiro atoms. The first-order valence-corrected chi connectivity index (χ1v) is 7.14. The Labute approximate surface area is 129 Å². The Hall–Kier alpha value is -1.28. The van der Waals surface area contributed by atoms with Crippen LogP contribution < -0.4 is 15.8 Å². The SMILES string of the molecule is CCCC[C@H](N)C(=O)Nc1ccc(Br)cc1OC(F)(F)F. The van der Waals surface area contributed by atoms with E-state index in [0.29, 0.717) is 10.9 Å². The number of unbranched alkanes of at least 4 members (excludes halogenated alkanes) is 1. The van der Waals surface area contributed by atoms with E-state index in [1.165, 1.54) is 12.1 Å². The molecule has 0 saturated heterocycles. The number of rotatable bonds is 6. The number of carbonyl (C=O) groups is 1. The molecule has 1 amide bonds. The number of anilines is 1. The summed E-state index contributed by atoms with van der Waals surface area (Å²) in [6, 6.07) is 3.17. The minimum absolute atomic E-state index is 0.0764. The predicted octanol–water partition coefficient (Wildman–Crippen LogP) is 3.80. The summed E-state index contributed by atoms with van der Waals surface area (Å²) in [7, 11) is 0. The van der Waals surface area contributed by atoms with Crippen molar-refractivity contribution in [3.8, 4) is 5.75 Å². The van der Waals surface area contributed by atoms with E-state index in [1.54, 1.807) is 0 Å². The average molecular weight is 369 g/mol. The molecule has 4 nitrogen and oxygen atoms in total. The third kappa shape index (κ3) is 6.34. The van der Waals surface area contributed by atoms with Crippen LogP contribution in [-0.4, -0.2) is 18.3 Å². The summed E-state index contributed by atoms with van der Waals surface area (Å²) in [6.07, 6.45) is -2.73. The number of nitrogens with one attached hydrogen (secondary N) is 1. The van der Waals surface area contributed by atoms with E-state index >= 15 is 0 Å². The molecule has 0 radical (unpaired) electrons. The third-order valence-electron chi connectivity index (χ3n) is 2.63. The molecule has 0 unspecified atom stereocenters. The number of nitrogens with two attached hydrogens (primary N) is 1. The van der Waals surface area contributed by atoms with Crippen molar-refractivity contribution < 1.29 is 22.7 Å². The largest absolute Gasteiger partial charge is 0.573 e. The number of carbonyl (C=O) groups excluding carboxylic acids is 1. The maximum Gasteiger partial charge on any atom is 0.573 e. The van der Waals surface area contributed by atoms with Gasteiger partial charge in [-0.1, -0.05) is 35.7 Å². The Bertz CT molecular complexity index is 495. The molecule has 1 atom stereocenters. The van der Waals surface area contributed by atoms with E-state index in [9.17, 15) is 18.0 Å². The summed E-state index contributed by atoms with van der Waals surface area (Å²) < 4.78 is 41.3. The molecule has 1 rings (SSSR count). The van der Waals surface area contributed by atoms with Crippen molar-refractivity contribution in [2.24, 2.45) is 5.73 Å². The van der Waals surface area contributed by atoms with Crippen LogP contribution in [0.4, 0.5) is 18.9 Å². The van der Waals surface area contributed by atoms with Gasteiger partial charge in [0, 0.05) is 4.47 Å². The molecule has 8 heteroatoms. The molecule has 1 aromatic rings. The number of amides is 1. The predicted molar refractivity (Wildman–Crippen MR) is 77.0 cm³/mol. The maximum atomic E-state index is 12.3. The van der Waals surface area contributed by atoms with Crippen LogP contribution in [0.3, 0.4) is 0 Å². The maximum absolute atomic E-state index is 12.3. The summed E-state index contributed by atoms with van der Waals surface area (Å²) in [5.41, 5.74) is 5.60. The van der Waals surface area contributed by atoms with E-state index in [-0.39, 0.29) is 5.69 Å². The Morgan fingerprint density at radius 2 is 2.14 bits per heavy atom. The molecular weight excluding hydrogens is 353 g/mol. The van der Waals surface area contributed by atoms with Crippen LogP contribution in [0.5, 0.6) is 5.75 Å². The van der Waals surface area contributed by atoms with Gasteiger partial charge >= 0.3 is 6.36 Å². The Morgan fingerprint density at radius 1 is 1.48 bits per heavy atom. The monoisotopic (exact) mass is 368 g/mol. The highest BCUT2D eigenvalue weighted by atomic mass is 79.9. The molecule has 1 aromatic carbocycles. The van der Waals surface area contributed by atoms with Crippen molar-refractivity contribution in [1.29, 1.82) is 0 Å². The first kappa shape index (κ1) is 17.8. The van der Waals surface area contributed by atoms with Crippen LogP contribution in [-0.2, 0) is 4.79 Å². The van der Waals surface area contributed by atoms with E-state index in [4.69, 9.17) is 5.73 Å². The molecule has 0 aliphatic heterocycles. The molecule has 0 bridgehead atoms. The highest BCUT2D eigenvalue weighted by Crippen LogP contribution is 2.33. The van der Waals surface area contributed by atoms with E-state index in [2.05, 4.69) is 26.0 Å². The molecule has 0 aliphatic rings. The molecule has 118 valence electrons. The molecule has 3 N–H and O–H groups in total. The van der Waals surface area contributed by atoms with Crippen LogP contribution >= 0.6 is 15.9 Å². The van der Waals surface area contributed by atoms with Crippen LogP contribution in [0.1, 0.15) is 26.2 Å². The lowest BCUT2D eigenvalue weighted by atomic mass is 10.1. The zero-order valence-electron chi connectivity index (χ0n) is 11.3. The molecule has 0 aliphatic carbocycles. The fraction of sp³-hybridized carbons (Fsp3) is 0.462. The van der Waals surface area contributed by atoms with E-state index in [0.717, 1.165) is 18.9 Å². The Morgan fingerprint density at radius 3 is 2.71 bits per heavy atom. The number of hydrogen-bond donors (Lipinski definition) is 2. The van der Waals surface area contributed by atoms with Crippen molar-refractivity contribution in [2.75, 3.05) is 5.32 Å². The lowest BCUT2D eigenvalue weighted by Gasteiger charge is -2.16. The summed E-state index contributed by atoms with van der Waals surface area (Å²) in [6.45, 7) is 1.95. The zero-order valence-corrected chi connectivity index (χ0v) is 12.9. The second-order valence-corrected chi connectivity index (χ2v) is 5.34. The van der Waals surface area contributed by atoms with Gasteiger partial charge < -0.3 is 15.8 Å². The van der Waals surface area contributed by atoms with Crippen LogP contribution in [0.25, 0.3) is 0 Å². The minimum atomic E-state index is -4.84. The van der Waals surface area contributed by atoms with Gasteiger partial charge in [0.1, 0.15) is 0 Å². The zero-order chi connectivity index (χ0) is 16.0. The minimum Gasteiger partial charge on any atom is -0.404 e. The highest BCUT2D eigenvalue weighted by Gasteiger charge is 2.32. The summed E-state index contributed by atoms with van der Waals surface area (Å²) >= 11 is 3.05. The van der Waals surface area contributed by atoms with Gasteiger partial charge in [0.05, 0.1) is 11.7 Å². The fourth-order valence-electron chi connectivity index (χ4n) is 1.59. The fourth-order valence-corrected chi connectivity index (χ4v) is 1.93. The standard InChI is InChI=1S/C13H16BrF3N2O2/c1-2-3-4-9(18)12(20)19-10-6-5-8(14)7-11(10)21-13(15,16)17/h5-7,9H,2-4,18H2,1H3,(H,19,20)/t9-/m0/s1. The summed E-state index contributed by atoms with van der Waals surface area (Å²) in [4.78, 5) is 11.8. The number of hydrogen-bond acceptors (Lipinski definition) is 3. The lowest BCUT2D eigenvalue weighted by Crippen LogP contribution is -2.35.